The molecule has 2 aliphatic rings. The summed E-state index contributed by atoms with van der Waals surface area (Å²) in [4.78, 5) is 23.2. The van der Waals surface area contributed by atoms with Crippen molar-refractivity contribution >= 4 is 5.91 Å². The highest BCUT2D eigenvalue weighted by Gasteiger charge is 2.46. The van der Waals surface area contributed by atoms with Crippen molar-refractivity contribution in [2.75, 3.05) is 13.1 Å². The fourth-order valence-electron chi connectivity index (χ4n) is 5.42. The molecule has 1 unspecified atom stereocenters. The molecule has 12 heteroatoms. The molecule has 3 heterocycles. The number of alkyl halides is 5. The predicted octanol–water partition coefficient (Wildman–Crippen LogP) is 5.53. The SMILES string of the molecule is Cc1nc(C2[C@@H]3CC[C@H]2CN(C(=O)c2cc(C#N)c(-c4ccc(C(F)(F)F)cc4)nc2C(F)F)C3)no1. The maximum atomic E-state index is 14.1. The molecule has 1 aliphatic carbocycles. The van der Waals surface area contributed by atoms with Crippen LogP contribution in [0.2, 0.25) is 0 Å². The van der Waals surface area contributed by atoms with Gasteiger partial charge in [0.1, 0.15) is 11.8 Å². The Kier molecular flexibility index (Phi) is 6.17. The van der Waals surface area contributed by atoms with Crippen LogP contribution in [-0.4, -0.2) is 39.0 Å². The van der Waals surface area contributed by atoms with E-state index in [0.717, 1.165) is 43.2 Å². The van der Waals surface area contributed by atoms with Gasteiger partial charge in [-0.1, -0.05) is 17.3 Å². The van der Waals surface area contributed by atoms with E-state index in [1.165, 1.54) is 4.90 Å². The Hall–Kier alpha value is -3.88. The summed E-state index contributed by atoms with van der Waals surface area (Å²) < 4.78 is 72.0. The van der Waals surface area contributed by atoms with Gasteiger partial charge in [-0.05, 0) is 42.9 Å². The van der Waals surface area contributed by atoms with Crippen molar-refractivity contribution in [3.05, 3.63) is 64.4 Å². The number of piperidine rings is 1. The van der Waals surface area contributed by atoms with Gasteiger partial charge in [0.2, 0.25) is 5.89 Å². The third-order valence-electron chi connectivity index (χ3n) is 7.06. The number of carbonyl (C=O) groups excluding carboxylic acids is 1. The Balaban J connectivity index is 1.46. The average molecular weight is 517 g/mol. The fourth-order valence-corrected chi connectivity index (χ4v) is 5.42. The van der Waals surface area contributed by atoms with Crippen LogP contribution in [-0.2, 0) is 6.18 Å². The van der Waals surface area contributed by atoms with Crippen LogP contribution in [0.1, 0.15) is 64.1 Å². The third kappa shape index (κ3) is 4.54. The zero-order valence-electron chi connectivity index (χ0n) is 19.5. The lowest BCUT2D eigenvalue weighted by Crippen LogP contribution is -2.44. The molecule has 0 spiro atoms. The number of hydrogen-bond donors (Lipinski definition) is 0. The maximum Gasteiger partial charge on any atom is 0.416 e. The second-order valence-corrected chi connectivity index (χ2v) is 9.31. The molecule has 1 saturated carbocycles. The van der Waals surface area contributed by atoms with Crippen LogP contribution >= 0.6 is 0 Å². The minimum Gasteiger partial charge on any atom is -0.340 e. The van der Waals surface area contributed by atoms with Gasteiger partial charge in [0.05, 0.1) is 22.4 Å². The molecule has 7 nitrogen and oxygen atoms in total. The maximum absolute atomic E-state index is 14.1. The minimum absolute atomic E-state index is 0.00547. The van der Waals surface area contributed by atoms with E-state index in [1.807, 2.05) is 6.07 Å². The normalized spacial score (nSPS) is 21.4. The first-order valence-electron chi connectivity index (χ1n) is 11.6. The zero-order chi connectivity index (χ0) is 26.5. The number of fused-ring (bicyclic) bond motifs is 2. The summed E-state index contributed by atoms with van der Waals surface area (Å²) in [5, 5.41) is 13.7. The quantitative estimate of drug-likeness (QED) is 0.422. The number of benzene rings is 1. The number of nitrogens with zero attached hydrogens (tertiary/aromatic N) is 5. The van der Waals surface area contributed by atoms with Gasteiger partial charge in [-0.25, -0.2) is 13.8 Å². The zero-order valence-corrected chi connectivity index (χ0v) is 19.5. The standard InChI is InChI=1S/C25H20F5N5O2/c1-12-32-23(34-37-12)19-14-2-3-15(19)11-35(10-14)24(36)18-8-16(9-31)20(33-21(18)22(26)27)13-4-6-17(7-5-13)25(28,29)30/h4-8,14-15,19,22H,2-3,10-11H2,1H3/t14-,15+,19?. The Bertz CT molecular complexity index is 1370. The topological polar surface area (TPSA) is 95.9 Å². The third-order valence-corrected chi connectivity index (χ3v) is 7.06. The number of rotatable bonds is 4. The first-order valence-corrected chi connectivity index (χ1v) is 11.6. The summed E-state index contributed by atoms with van der Waals surface area (Å²) in [6.07, 6.45) is -6.08. The molecule has 1 saturated heterocycles. The van der Waals surface area contributed by atoms with E-state index >= 15 is 0 Å². The summed E-state index contributed by atoms with van der Waals surface area (Å²) in [6.45, 7) is 2.30. The molecular formula is C25H20F5N5O2. The molecule has 2 bridgehead atoms. The molecule has 0 N–H and O–H groups in total. The van der Waals surface area contributed by atoms with Crippen molar-refractivity contribution in [2.24, 2.45) is 11.8 Å². The second-order valence-electron chi connectivity index (χ2n) is 9.31. The molecule has 1 aromatic carbocycles. The highest BCUT2D eigenvalue weighted by Crippen LogP contribution is 2.47. The van der Waals surface area contributed by atoms with Gasteiger partial charge in [0.25, 0.3) is 12.3 Å². The van der Waals surface area contributed by atoms with Crippen molar-refractivity contribution in [1.29, 1.82) is 5.26 Å². The van der Waals surface area contributed by atoms with Crippen molar-refractivity contribution in [1.82, 2.24) is 20.0 Å². The smallest absolute Gasteiger partial charge is 0.340 e. The molecule has 3 atom stereocenters. The number of aromatic nitrogens is 3. The Labute approximate surface area is 207 Å². The van der Waals surface area contributed by atoms with E-state index in [1.54, 1.807) is 6.92 Å². The van der Waals surface area contributed by atoms with Crippen LogP contribution in [0.3, 0.4) is 0 Å². The lowest BCUT2D eigenvalue weighted by molar-refractivity contribution is -0.137. The van der Waals surface area contributed by atoms with E-state index in [2.05, 4.69) is 15.1 Å². The molecule has 2 aromatic heterocycles. The number of hydrogen-bond acceptors (Lipinski definition) is 6. The Morgan fingerprint density at radius 2 is 1.78 bits per heavy atom. The second kappa shape index (κ2) is 9.21. The first-order chi connectivity index (χ1) is 17.6. The van der Waals surface area contributed by atoms with Crippen LogP contribution in [0.25, 0.3) is 11.3 Å². The number of amides is 1. The number of carbonyl (C=O) groups is 1. The molecule has 3 aromatic rings. The number of likely N-dealkylation sites (tertiary alicyclic amines) is 1. The lowest BCUT2D eigenvalue weighted by Gasteiger charge is -2.36. The van der Waals surface area contributed by atoms with Crippen LogP contribution in [0.15, 0.2) is 34.9 Å². The number of aryl methyl sites for hydroxylation is 1. The predicted molar refractivity (Wildman–Crippen MR) is 118 cm³/mol. The number of halogens is 5. The van der Waals surface area contributed by atoms with Crippen molar-refractivity contribution in [3.63, 3.8) is 0 Å². The van der Waals surface area contributed by atoms with Gasteiger partial charge in [0.15, 0.2) is 5.82 Å². The Morgan fingerprint density at radius 1 is 1.14 bits per heavy atom. The summed E-state index contributed by atoms with van der Waals surface area (Å²) in [5.41, 5.74) is -2.48. The largest absolute Gasteiger partial charge is 0.416 e. The van der Waals surface area contributed by atoms with Crippen LogP contribution in [0.4, 0.5) is 22.0 Å². The van der Waals surface area contributed by atoms with Crippen molar-refractivity contribution in [3.8, 4) is 17.3 Å². The molecular weight excluding hydrogens is 497 g/mol. The molecule has 192 valence electrons. The average Bonchev–Trinajstić information content (AvgIpc) is 3.40. The van der Waals surface area contributed by atoms with E-state index < -0.39 is 35.3 Å². The molecule has 37 heavy (non-hydrogen) atoms. The van der Waals surface area contributed by atoms with Crippen LogP contribution < -0.4 is 0 Å². The van der Waals surface area contributed by atoms with E-state index in [4.69, 9.17) is 4.52 Å². The molecule has 1 aliphatic heterocycles. The highest BCUT2D eigenvalue weighted by atomic mass is 19.4. The van der Waals surface area contributed by atoms with Gasteiger partial charge < -0.3 is 9.42 Å². The summed E-state index contributed by atoms with van der Waals surface area (Å²) >= 11 is 0. The lowest BCUT2D eigenvalue weighted by atomic mass is 9.84. The monoisotopic (exact) mass is 517 g/mol. The number of nitriles is 1. The van der Waals surface area contributed by atoms with Crippen LogP contribution in [0, 0.1) is 30.1 Å². The van der Waals surface area contributed by atoms with Gasteiger partial charge in [-0.15, -0.1) is 0 Å². The molecule has 2 fully saturated rings. The molecule has 0 radical (unpaired) electrons. The van der Waals surface area contributed by atoms with Crippen molar-refractivity contribution < 1.29 is 31.3 Å². The van der Waals surface area contributed by atoms with Gasteiger partial charge in [0, 0.05) is 31.5 Å². The van der Waals surface area contributed by atoms with Gasteiger partial charge in [-0.2, -0.15) is 23.4 Å². The summed E-state index contributed by atoms with van der Waals surface area (Å²) in [5.74, 6) is 0.426. The Morgan fingerprint density at radius 3 is 2.30 bits per heavy atom. The minimum atomic E-state index is -4.58. The summed E-state index contributed by atoms with van der Waals surface area (Å²) in [7, 11) is 0. The van der Waals surface area contributed by atoms with Gasteiger partial charge >= 0.3 is 6.18 Å². The summed E-state index contributed by atoms with van der Waals surface area (Å²) in [6, 6.07) is 6.58. The first kappa shape index (κ1) is 24.8. The van der Waals surface area contributed by atoms with Crippen molar-refractivity contribution in [2.45, 2.75) is 38.3 Å². The van der Waals surface area contributed by atoms with Crippen LogP contribution in [0.5, 0.6) is 0 Å². The molecule has 5 rings (SSSR count). The number of pyridine rings is 1. The fraction of sp³-hybridized carbons (Fsp3) is 0.400. The highest BCUT2D eigenvalue weighted by molar-refractivity contribution is 5.96. The van der Waals surface area contributed by atoms with E-state index in [0.29, 0.717) is 24.8 Å². The van der Waals surface area contributed by atoms with Gasteiger partial charge in [-0.3, -0.25) is 4.79 Å². The van der Waals surface area contributed by atoms with E-state index in [9.17, 15) is 32.0 Å². The molecule has 1 amide bonds. The van der Waals surface area contributed by atoms with E-state index in [-0.39, 0.29) is 34.6 Å².